The summed E-state index contributed by atoms with van der Waals surface area (Å²) in [4.78, 5) is 12.9. The van der Waals surface area contributed by atoms with E-state index in [0.29, 0.717) is 11.9 Å². The van der Waals surface area contributed by atoms with Crippen molar-refractivity contribution < 1.29 is 4.42 Å². The van der Waals surface area contributed by atoms with Gasteiger partial charge in [0.05, 0.1) is 5.52 Å². The molecule has 5 rings (SSSR count). The van der Waals surface area contributed by atoms with E-state index in [9.17, 15) is 4.79 Å². The topological polar surface area (TPSA) is 35.1 Å². The van der Waals surface area contributed by atoms with Crippen molar-refractivity contribution in [3.05, 3.63) is 126 Å². The summed E-state index contributed by atoms with van der Waals surface area (Å²) >= 11 is 0. The number of aromatic nitrogens is 1. The monoisotopic (exact) mass is 410 g/mol. The van der Waals surface area contributed by atoms with Crippen molar-refractivity contribution in [2.24, 2.45) is 0 Å². The molecule has 30 heavy (non-hydrogen) atoms. The maximum absolute atomic E-state index is 12.9. The van der Waals surface area contributed by atoms with Crippen LogP contribution < -0.4 is 21.7 Å². The van der Waals surface area contributed by atoms with E-state index in [0.717, 1.165) is 5.52 Å². The van der Waals surface area contributed by atoms with Crippen molar-refractivity contribution in [3.63, 3.8) is 0 Å². The highest BCUT2D eigenvalue weighted by Gasteiger charge is 2.46. The number of rotatable bonds is 5. The second kappa shape index (κ2) is 7.78. The predicted molar refractivity (Wildman–Crippen MR) is 126 cm³/mol. The number of nitrogens with zero attached hydrogens (tertiary/aromatic N) is 1. The molecule has 5 aromatic rings. The summed E-state index contributed by atoms with van der Waals surface area (Å²) in [6, 6.07) is 39.3. The Morgan fingerprint density at radius 1 is 0.600 bits per heavy atom. The van der Waals surface area contributed by atoms with Gasteiger partial charge in [0.2, 0.25) is 0 Å². The fraction of sp³-hybridized carbons (Fsp3) is 0.0385. The van der Waals surface area contributed by atoms with Gasteiger partial charge in [0.1, 0.15) is 23.2 Å². The van der Waals surface area contributed by atoms with Crippen LogP contribution in [0.3, 0.4) is 0 Å². The van der Waals surface area contributed by atoms with Crippen LogP contribution in [0.5, 0.6) is 0 Å². The maximum atomic E-state index is 12.9. The molecule has 0 saturated heterocycles. The first kappa shape index (κ1) is 18.6. The Balaban J connectivity index is 1.84. The minimum absolute atomic E-state index is 0.316. The number of oxazole rings is 1. The molecule has 0 saturated carbocycles. The molecule has 0 amide bonds. The summed E-state index contributed by atoms with van der Waals surface area (Å²) in [5.74, 6) is -0.316. The van der Waals surface area contributed by atoms with Gasteiger partial charge in [0.25, 0.3) is 0 Å². The molecule has 0 aliphatic carbocycles. The zero-order valence-electron chi connectivity index (χ0n) is 16.4. The number of benzene rings is 4. The molecule has 1 heterocycles. The average molecular weight is 410 g/mol. The lowest BCUT2D eigenvalue weighted by Crippen LogP contribution is -2.35. The van der Waals surface area contributed by atoms with Crippen LogP contribution in [0.4, 0.5) is 0 Å². The Morgan fingerprint density at radius 2 is 1.03 bits per heavy atom. The van der Waals surface area contributed by atoms with E-state index in [-0.39, 0.29) is 5.76 Å². The highest BCUT2D eigenvalue weighted by atomic mass is 31.2. The summed E-state index contributed by atoms with van der Waals surface area (Å²) in [6.07, 6.45) is 0.543. The first-order valence-corrected chi connectivity index (χ1v) is 11.9. The fourth-order valence-electron chi connectivity index (χ4n) is 4.10. The van der Waals surface area contributed by atoms with Crippen LogP contribution in [0.1, 0.15) is 0 Å². The van der Waals surface area contributed by atoms with Crippen LogP contribution in [0.25, 0.3) is 11.1 Å². The zero-order chi connectivity index (χ0) is 20.4. The van der Waals surface area contributed by atoms with Crippen LogP contribution in [0.15, 0.2) is 124 Å². The third-order valence-electron chi connectivity index (χ3n) is 5.52. The second-order valence-electron chi connectivity index (χ2n) is 7.22. The first-order valence-electron chi connectivity index (χ1n) is 9.92. The van der Waals surface area contributed by atoms with Crippen LogP contribution >= 0.6 is 7.26 Å². The van der Waals surface area contributed by atoms with E-state index in [4.69, 9.17) is 4.42 Å². The Morgan fingerprint density at radius 3 is 1.53 bits per heavy atom. The highest BCUT2D eigenvalue weighted by molar-refractivity contribution is 7.94. The SMILES string of the molecule is O=c1oc2ccccc2n1C[P+](c1ccccc1)(c1ccccc1)c1ccccc1. The molecule has 0 aliphatic rings. The molecule has 0 spiro atoms. The fourth-order valence-corrected chi connectivity index (χ4v) is 8.22. The molecule has 0 atom stereocenters. The molecular formula is C26H21NO2P+. The molecule has 0 radical (unpaired) electrons. The lowest BCUT2D eigenvalue weighted by Gasteiger charge is -2.27. The molecule has 1 aromatic heterocycles. The van der Waals surface area contributed by atoms with Crippen molar-refractivity contribution in [3.8, 4) is 0 Å². The molecule has 0 unspecified atom stereocenters. The summed E-state index contributed by atoms with van der Waals surface area (Å²) in [5.41, 5.74) is 1.45. The molecule has 4 heteroatoms. The second-order valence-corrected chi connectivity index (χ2v) is 10.7. The Hall–Kier alpha value is -3.42. The van der Waals surface area contributed by atoms with Crippen molar-refractivity contribution in [1.82, 2.24) is 4.57 Å². The molecule has 0 fully saturated rings. The van der Waals surface area contributed by atoms with Crippen LogP contribution in [0.2, 0.25) is 0 Å². The van der Waals surface area contributed by atoms with E-state index >= 15 is 0 Å². The van der Waals surface area contributed by atoms with Gasteiger partial charge in [-0.3, -0.25) is 0 Å². The van der Waals surface area contributed by atoms with Crippen LogP contribution in [-0.4, -0.2) is 4.57 Å². The van der Waals surface area contributed by atoms with Gasteiger partial charge in [-0.25, -0.2) is 9.36 Å². The molecule has 4 aromatic carbocycles. The van der Waals surface area contributed by atoms with Gasteiger partial charge < -0.3 is 4.42 Å². The van der Waals surface area contributed by atoms with E-state index in [1.54, 1.807) is 4.57 Å². The highest BCUT2D eigenvalue weighted by Crippen LogP contribution is 2.56. The van der Waals surface area contributed by atoms with Gasteiger partial charge >= 0.3 is 5.76 Å². The Kier molecular flexibility index (Phi) is 4.82. The quantitative estimate of drug-likeness (QED) is 0.399. The maximum Gasteiger partial charge on any atom is 0.422 e. The van der Waals surface area contributed by atoms with Gasteiger partial charge in [0, 0.05) is 0 Å². The van der Waals surface area contributed by atoms with Crippen molar-refractivity contribution in [1.29, 1.82) is 0 Å². The van der Waals surface area contributed by atoms with Gasteiger partial charge in [-0.1, -0.05) is 66.7 Å². The van der Waals surface area contributed by atoms with Gasteiger partial charge in [-0.2, -0.15) is 0 Å². The van der Waals surface area contributed by atoms with Crippen molar-refractivity contribution >= 4 is 34.3 Å². The lowest BCUT2D eigenvalue weighted by molar-refractivity contribution is 0.525. The molecule has 146 valence electrons. The largest absolute Gasteiger partial charge is 0.422 e. The number of para-hydroxylation sites is 2. The summed E-state index contributed by atoms with van der Waals surface area (Å²) in [6.45, 7) is 0. The third-order valence-corrected chi connectivity index (χ3v) is 9.76. The standard InChI is InChI=1S/C26H21NO2P/c28-26-27(24-18-10-11-19-25(24)29-26)20-30(21-12-4-1-5-13-21,22-14-6-2-7-15-22)23-16-8-3-9-17-23/h1-19H,20H2/q+1. The minimum atomic E-state index is -2.17. The molecule has 3 nitrogen and oxygen atoms in total. The normalized spacial score (nSPS) is 11.6. The molecule has 0 aliphatic heterocycles. The molecule has 0 bridgehead atoms. The van der Waals surface area contributed by atoms with Crippen LogP contribution in [-0.2, 0) is 6.29 Å². The number of hydrogen-bond acceptors (Lipinski definition) is 2. The minimum Gasteiger partial charge on any atom is -0.408 e. The van der Waals surface area contributed by atoms with Gasteiger partial charge in [-0.15, -0.1) is 0 Å². The Bertz CT molecular complexity index is 1230. The number of hydrogen-bond donors (Lipinski definition) is 0. The first-order chi connectivity index (χ1) is 14.8. The van der Waals surface area contributed by atoms with E-state index in [1.807, 2.05) is 42.5 Å². The third kappa shape index (κ3) is 3.08. The average Bonchev–Trinajstić information content (AvgIpc) is 3.14. The van der Waals surface area contributed by atoms with E-state index in [1.165, 1.54) is 15.9 Å². The Labute approximate surface area is 175 Å². The number of fused-ring (bicyclic) bond motifs is 1. The molecule has 0 N–H and O–H groups in total. The van der Waals surface area contributed by atoms with Gasteiger partial charge in [-0.05, 0) is 48.5 Å². The summed E-state index contributed by atoms with van der Waals surface area (Å²) < 4.78 is 7.38. The zero-order valence-corrected chi connectivity index (χ0v) is 17.3. The van der Waals surface area contributed by atoms with E-state index < -0.39 is 7.26 Å². The lowest BCUT2D eigenvalue weighted by atomic mass is 10.3. The van der Waals surface area contributed by atoms with Crippen LogP contribution in [0, 0.1) is 0 Å². The predicted octanol–water partition coefficient (Wildman–Crippen LogP) is 4.55. The van der Waals surface area contributed by atoms with Crippen molar-refractivity contribution in [2.45, 2.75) is 6.29 Å². The van der Waals surface area contributed by atoms with E-state index in [2.05, 4.69) is 72.8 Å². The molecular weight excluding hydrogens is 389 g/mol. The summed E-state index contributed by atoms with van der Waals surface area (Å²) in [7, 11) is -2.17. The van der Waals surface area contributed by atoms with Gasteiger partial charge in [0.15, 0.2) is 11.9 Å². The van der Waals surface area contributed by atoms with Crippen molar-refractivity contribution in [2.75, 3.05) is 0 Å². The summed E-state index contributed by atoms with van der Waals surface area (Å²) in [5, 5.41) is 3.71. The smallest absolute Gasteiger partial charge is 0.408 e.